The largest absolute Gasteiger partial charge is 0.399 e. The fourth-order valence-electron chi connectivity index (χ4n) is 3.00. The van der Waals surface area contributed by atoms with Crippen LogP contribution in [0.1, 0.15) is 10.4 Å². The highest BCUT2D eigenvalue weighted by Gasteiger charge is 2.22. The number of aromatic amines is 1. The molecular weight excluding hydrogens is 318 g/mol. The molecule has 0 unspecified atom stereocenters. The zero-order valence-electron chi connectivity index (χ0n) is 13.7. The molecule has 7 nitrogen and oxygen atoms in total. The molecule has 1 fully saturated rings. The second kappa shape index (κ2) is 6.45. The number of morpholine rings is 1. The molecule has 7 heteroatoms. The monoisotopic (exact) mass is 337 g/mol. The third-order valence-electron chi connectivity index (χ3n) is 4.27. The lowest BCUT2D eigenvalue weighted by Crippen LogP contribution is -2.40. The number of ether oxygens (including phenoxy) is 1. The Balaban J connectivity index is 1.68. The highest BCUT2D eigenvalue weighted by atomic mass is 16.5. The summed E-state index contributed by atoms with van der Waals surface area (Å²) in [6.45, 7) is 2.35. The van der Waals surface area contributed by atoms with E-state index in [0.29, 0.717) is 43.4 Å². The van der Waals surface area contributed by atoms with Crippen LogP contribution in [0.2, 0.25) is 0 Å². The molecule has 1 aliphatic rings. The number of nitrogens with two attached hydrogens (primary N) is 1. The molecular formula is C18H19N5O2. The molecule has 0 bridgehead atoms. The van der Waals surface area contributed by atoms with Gasteiger partial charge in [0.15, 0.2) is 0 Å². The number of hydrogen-bond acceptors (Lipinski definition) is 5. The zero-order chi connectivity index (χ0) is 17.2. The minimum atomic E-state index is -0.0289. The van der Waals surface area contributed by atoms with Gasteiger partial charge in [-0.05, 0) is 24.3 Å². The van der Waals surface area contributed by atoms with Gasteiger partial charge >= 0.3 is 0 Å². The van der Waals surface area contributed by atoms with E-state index in [9.17, 15) is 4.79 Å². The Hall–Kier alpha value is -3.06. The van der Waals surface area contributed by atoms with Crippen molar-refractivity contribution in [2.24, 2.45) is 0 Å². The fourth-order valence-corrected chi connectivity index (χ4v) is 3.00. The lowest BCUT2D eigenvalue weighted by molar-refractivity contribution is 0.0304. The van der Waals surface area contributed by atoms with Crippen molar-refractivity contribution in [3.05, 3.63) is 48.3 Å². The molecule has 3 aromatic rings. The van der Waals surface area contributed by atoms with Crippen LogP contribution in [0.25, 0.3) is 10.9 Å². The van der Waals surface area contributed by atoms with Gasteiger partial charge in [-0.1, -0.05) is 6.07 Å². The van der Waals surface area contributed by atoms with Crippen LogP contribution in [0.3, 0.4) is 0 Å². The SMILES string of the molecule is Nc1cccc(Nc2ncc(C(=O)N3CCOCC3)c3[nH]ccc23)c1. The van der Waals surface area contributed by atoms with E-state index >= 15 is 0 Å². The summed E-state index contributed by atoms with van der Waals surface area (Å²) in [7, 11) is 0. The third-order valence-corrected chi connectivity index (χ3v) is 4.27. The van der Waals surface area contributed by atoms with Gasteiger partial charge < -0.3 is 25.7 Å². The van der Waals surface area contributed by atoms with E-state index in [-0.39, 0.29) is 5.91 Å². The standard InChI is InChI=1S/C18H19N5O2/c19-12-2-1-3-13(10-12)22-17-14-4-5-20-16(14)15(11-21-17)18(24)23-6-8-25-9-7-23/h1-5,10-11,20H,6-9,19H2,(H,21,22). The average molecular weight is 337 g/mol. The molecule has 3 heterocycles. The van der Waals surface area contributed by atoms with Gasteiger partial charge in [-0.15, -0.1) is 0 Å². The molecule has 0 saturated carbocycles. The summed E-state index contributed by atoms with van der Waals surface area (Å²) in [4.78, 5) is 22.2. The van der Waals surface area contributed by atoms with Crippen molar-refractivity contribution in [2.75, 3.05) is 37.4 Å². The van der Waals surface area contributed by atoms with Crippen LogP contribution in [0.15, 0.2) is 42.7 Å². The second-order valence-electron chi connectivity index (χ2n) is 5.94. The summed E-state index contributed by atoms with van der Waals surface area (Å²) in [5, 5.41) is 4.13. The zero-order valence-corrected chi connectivity index (χ0v) is 13.7. The summed E-state index contributed by atoms with van der Waals surface area (Å²) in [5.41, 5.74) is 8.69. The number of benzene rings is 1. The topological polar surface area (TPSA) is 96.3 Å². The van der Waals surface area contributed by atoms with Crippen LogP contribution in [0.5, 0.6) is 0 Å². The number of nitrogens with zero attached hydrogens (tertiary/aromatic N) is 2. The first-order valence-electron chi connectivity index (χ1n) is 8.18. The fraction of sp³-hybridized carbons (Fsp3) is 0.222. The molecule has 0 spiro atoms. The lowest BCUT2D eigenvalue weighted by atomic mass is 10.1. The van der Waals surface area contributed by atoms with Crippen molar-refractivity contribution in [2.45, 2.75) is 0 Å². The Morgan fingerprint density at radius 3 is 2.92 bits per heavy atom. The van der Waals surface area contributed by atoms with Gasteiger partial charge in [0.2, 0.25) is 0 Å². The van der Waals surface area contributed by atoms with Crippen molar-refractivity contribution in [1.29, 1.82) is 0 Å². The Kier molecular flexibility index (Phi) is 3.99. The van der Waals surface area contributed by atoms with Gasteiger partial charge in [0.05, 0.1) is 24.3 Å². The number of rotatable bonds is 3. The smallest absolute Gasteiger partial charge is 0.257 e. The molecule has 1 aromatic carbocycles. The minimum absolute atomic E-state index is 0.0289. The molecule has 1 aliphatic heterocycles. The van der Waals surface area contributed by atoms with Crippen molar-refractivity contribution in [3.8, 4) is 0 Å². The first kappa shape index (κ1) is 15.5. The van der Waals surface area contributed by atoms with Crippen LogP contribution in [-0.4, -0.2) is 47.1 Å². The summed E-state index contributed by atoms with van der Waals surface area (Å²) >= 11 is 0. The molecule has 2 aromatic heterocycles. The number of carbonyl (C=O) groups excluding carboxylic acids is 1. The predicted octanol–water partition coefficient (Wildman–Crippen LogP) is 2.36. The van der Waals surface area contributed by atoms with Crippen LogP contribution in [0, 0.1) is 0 Å². The van der Waals surface area contributed by atoms with Crippen molar-refractivity contribution >= 4 is 34.0 Å². The predicted molar refractivity (Wildman–Crippen MR) is 97.0 cm³/mol. The number of fused-ring (bicyclic) bond motifs is 1. The van der Waals surface area contributed by atoms with Gasteiger partial charge in [0, 0.05) is 42.2 Å². The molecule has 4 N–H and O–H groups in total. The third kappa shape index (κ3) is 3.01. The van der Waals surface area contributed by atoms with Gasteiger partial charge in [-0.2, -0.15) is 0 Å². The maximum Gasteiger partial charge on any atom is 0.257 e. The Labute approximate surface area is 144 Å². The van der Waals surface area contributed by atoms with Crippen molar-refractivity contribution < 1.29 is 9.53 Å². The summed E-state index contributed by atoms with van der Waals surface area (Å²) in [6.07, 6.45) is 3.43. The van der Waals surface area contributed by atoms with E-state index < -0.39 is 0 Å². The first-order chi connectivity index (χ1) is 12.2. The Morgan fingerprint density at radius 2 is 2.12 bits per heavy atom. The maximum atomic E-state index is 12.8. The number of nitrogen functional groups attached to an aromatic ring is 1. The van der Waals surface area contributed by atoms with E-state index in [2.05, 4.69) is 15.3 Å². The van der Waals surface area contributed by atoms with E-state index in [4.69, 9.17) is 10.5 Å². The minimum Gasteiger partial charge on any atom is -0.399 e. The van der Waals surface area contributed by atoms with Gasteiger partial charge in [-0.25, -0.2) is 4.98 Å². The quantitative estimate of drug-likeness (QED) is 0.638. The van der Waals surface area contributed by atoms with E-state index in [1.54, 1.807) is 11.1 Å². The first-order valence-corrected chi connectivity index (χ1v) is 8.18. The normalized spacial score (nSPS) is 14.6. The van der Waals surface area contributed by atoms with Gasteiger partial charge in [0.25, 0.3) is 5.91 Å². The van der Waals surface area contributed by atoms with E-state index in [1.807, 2.05) is 36.5 Å². The second-order valence-corrected chi connectivity index (χ2v) is 5.94. The molecule has 1 saturated heterocycles. The number of pyridine rings is 1. The summed E-state index contributed by atoms with van der Waals surface area (Å²) in [5.74, 6) is 0.652. The lowest BCUT2D eigenvalue weighted by Gasteiger charge is -2.27. The number of aromatic nitrogens is 2. The number of carbonyl (C=O) groups is 1. The molecule has 1 amide bonds. The van der Waals surface area contributed by atoms with E-state index in [1.165, 1.54) is 0 Å². The average Bonchev–Trinajstić information content (AvgIpc) is 3.12. The van der Waals surface area contributed by atoms with Gasteiger partial charge in [0.1, 0.15) is 5.82 Å². The molecule has 4 rings (SSSR count). The van der Waals surface area contributed by atoms with Crippen LogP contribution in [0.4, 0.5) is 17.2 Å². The van der Waals surface area contributed by atoms with Crippen LogP contribution in [-0.2, 0) is 4.74 Å². The maximum absolute atomic E-state index is 12.8. The molecule has 0 aliphatic carbocycles. The molecule has 128 valence electrons. The van der Waals surface area contributed by atoms with E-state index in [0.717, 1.165) is 16.6 Å². The molecule has 0 atom stereocenters. The molecule has 0 radical (unpaired) electrons. The van der Waals surface area contributed by atoms with Gasteiger partial charge in [-0.3, -0.25) is 4.79 Å². The highest BCUT2D eigenvalue weighted by molar-refractivity contribution is 6.08. The number of amides is 1. The van der Waals surface area contributed by atoms with Crippen molar-refractivity contribution in [3.63, 3.8) is 0 Å². The van der Waals surface area contributed by atoms with Crippen LogP contribution >= 0.6 is 0 Å². The summed E-state index contributed by atoms with van der Waals surface area (Å²) < 4.78 is 5.32. The highest BCUT2D eigenvalue weighted by Crippen LogP contribution is 2.27. The molecule has 25 heavy (non-hydrogen) atoms. The Bertz CT molecular complexity index is 915. The van der Waals surface area contributed by atoms with Crippen molar-refractivity contribution in [1.82, 2.24) is 14.9 Å². The van der Waals surface area contributed by atoms with Crippen LogP contribution < -0.4 is 11.1 Å². The number of anilines is 3. The number of nitrogens with one attached hydrogen (secondary N) is 2. The Morgan fingerprint density at radius 1 is 1.28 bits per heavy atom. The number of H-pyrrole nitrogens is 1. The summed E-state index contributed by atoms with van der Waals surface area (Å²) in [6, 6.07) is 9.38. The number of hydrogen-bond donors (Lipinski definition) is 3.